The van der Waals surface area contributed by atoms with Gasteiger partial charge in [0.05, 0.1) is 23.8 Å². The molecule has 0 aliphatic carbocycles. The summed E-state index contributed by atoms with van der Waals surface area (Å²) < 4.78 is 11.2. The van der Waals surface area contributed by atoms with Gasteiger partial charge in [0, 0.05) is 22.2 Å². The fraction of sp³-hybridized carbons (Fsp3) is 0.240. The Morgan fingerprint density at radius 1 is 0.938 bits per heavy atom. The number of ether oxygens (including phenoxy) is 1. The number of fused-ring (bicyclic) bond motifs is 3. The Hall–Kier alpha value is -3.87. The molecular formula is C25H25N5O2. The smallest absolute Gasteiger partial charge is 0.144 e. The molecule has 2 aromatic carbocycles. The van der Waals surface area contributed by atoms with Crippen molar-refractivity contribution in [2.24, 2.45) is 0 Å². The lowest BCUT2D eigenvalue weighted by Crippen LogP contribution is -1.99. The molecule has 0 bridgehead atoms. The fourth-order valence-corrected chi connectivity index (χ4v) is 4.44. The molecule has 0 atom stereocenters. The van der Waals surface area contributed by atoms with E-state index in [9.17, 15) is 0 Å². The lowest BCUT2D eigenvalue weighted by Gasteiger charge is -2.11. The van der Waals surface area contributed by atoms with E-state index < -0.39 is 0 Å². The third-order valence-corrected chi connectivity index (χ3v) is 5.67. The molecule has 0 fully saturated rings. The van der Waals surface area contributed by atoms with Gasteiger partial charge in [-0.15, -0.1) is 0 Å². The number of rotatable bonds is 4. The van der Waals surface area contributed by atoms with Crippen LogP contribution in [0.2, 0.25) is 0 Å². The summed E-state index contributed by atoms with van der Waals surface area (Å²) in [5.41, 5.74) is 7.80. The molecule has 0 saturated heterocycles. The highest BCUT2D eigenvalue weighted by Crippen LogP contribution is 2.41. The Morgan fingerprint density at radius 3 is 2.34 bits per heavy atom. The number of nitrogens with zero attached hydrogens (tertiary/aromatic N) is 3. The zero-order valence-electron chi connectivity index (χ0n) is 19.0. The average molecular weight is 428 g/mol. The number of hydrogen-bond donors (Lipinski definition) is 2. The molecule has 3 aromatic heterocycles. The summed E-state index contributed by atoms with van der Waals surface area (Å²) in [4.78, 5) is 12.8. The number of H-pyrrole nitrogens is 1. The van der Waals surface area contributed by atoms with Crippen LogP contribution in [0.25, 0.3) is 33.1 Å². The molecule has 0 aliphatic heterocycles. The fourth-order valence-electron chi connectivity index (χ4n) is 4.44. The van der Waals surface area contributed by atoms with Crippen LogP contribution in [-0.4, -0.2) is 27.2 Å². The van der Waals surface area contributed by atoms with Gasteiger partial charge in [0.15, 0.2) is 0 Å². The lowest BCUT2D eigenvalue weighted by molar-refractivity contribution is 0.393. The first kappa shape index (κ1) is 20.1. The largest absolute Gasteiger partial charge is 0.496 e. The number of anilines is 2. The second-order valence-corrected chi connectivity index (χ2v) is 8.27. The summed E-state index contributed by atoms with van der Waals surface area (Å²) in [7, 11) is 1.67. The van der Waals surface area contributed by atoms with Gasteiger partial charge in [-0.2, -0.15) is 0 Å². The molecule has 162 valence electrons. The van der Waals surface area contributed by atoms with E-state index in [0.717, 1.165) is 61.8 Å². The maximum Gasteiger partial charge on any atom is 0.144 e. The zero-order chi connectivity index (χ0) is 22.6. The number of methoxy groups -OCH3 is 1. The monoisotopic (exact) mass is 427 g/mol. The molecule has 32 heavy (non-hydrogen) atoms. The molecule has 7 heteroatoms. The summed E-state index contributed by atoms with van der Waals surface area (Å²) >= 11 is 0. The normalized spacial score (nSPS) is 11.4. The SMILES string of the molecule is COc1cc2c(cc1-c1c(C)noc1C)[nH]c1nc(C)nc(Nc3cc(C)cc(C)c3)c12. The molecule has 0 radical (unpaired) electrons. The van der Waals surface area contributed by atoms with Gasteiger partial charge in [0.25, 0.3) is 0 Å². The molecule has 0 amide bonds. The Labute approximate surface area is 185 Å². The molecule has 7 nitrogen and oxygen atoms in total. The third kappa shape index (κ3) is 3.26. The quantitative estimate of drug-likeness (QED) is 0.362. The Morgan fingerprint density at radius 2 is 1.69 bits per heavy atom. The zero-order valence-corrected chi connectivity index (χ0v) is 19.0. The van der Waals surface area contributed by atoms with E-state index in [2.05, 4.69) is 58.6 Å². The van der Waals surface area contributed by atoms with Gasteiger partial charge in [-0.25, -0.2) is 9.97 Å². The lowest BCUT2D eigenvalue weighted by atomic mass is 10.0. The summed E-state index contributed by atoms with van der Waals surface area (Å²) in [6.07, 6.45) is 0. The van der Waals surface area contributed by atoms with Crippen LogP contribution < -0.4 is 10.1 Å². The van der Waals surface area contributed by atoms with Crippen LogP contribution in [0.5, 0.6) is 5.75 Å². The summed E-state index contributed by atoms with van der Waals surface area (Å²) in [6.45, 7) is 9.91. The van der Waals surface area contributed by atoms with E-state index in [1.807, 2.05) is 26.8 Å². The van der Waals surface area contributed by atoms with Gasteiger partial charge in [0.1, 0.15) is 28.8 Å². The van der Waals surface area contributed by atoms with E-state index in [-0.39, 0.29) is 0 Å². The molecule has 0 aliphatic rings. The van der Waals surface area contributed by atoms with Crippen molar-refractivity contribution in [2.45, 2.75) is 34.6 Å². The van der Waals surface area contributed by atoms with Gasteiger partial charge in [0.2, 0.25) is 0 Å². The summed E-state index contributed by atoms with van der Waals surface area (Å²) in [5.74, 6) is 2.94. The predicted molar refractivity (Wildman–Crippen MR) is 127 cm³/mol. The Bertz CT molecular complexity index is 1460. The van der Waals surface area contributed by atoms with Crippen LogP contribution in [-0.2, 0) is 0 Å². The minimum atomic E-state index is 0.689. The van der Waals surface area contributed by atoms with E-state index >= 15 is 0 Å². The van der Waals surface area contributed by atoms with Crippen LogP contribution in [0, 0.1) is 34.6 Å². The summed E-state index contributed by atoms with van der Waals surface area (Å²) in [6, 6.07) is 10.5. The van der Waals surface area contributed by atoms with Gasteiger partial charge < -0.3 is 19.6 Å². The highest BCUT2D eigenvalue weighted by Gasteiger charge is 2.20. The van der Waals surface area contributed by atoms with Crippen molar-refractivity contribution in [1.29, 1.82) is 0 Å². The number of nitrogens with one attached hydrogen (secondary N) is 2. The summed E-state index contributed by atoms with van der Waals surface area (Å²) in [5, 5.41) is 9.52. The number of aromatic nitrogens is 4. The predicted octanol–water partition coefficient (Wildman–Crippen LogP) is 6.06. The molecular weight excluding hydrogens is 402 g/mol. The van der Waals surface area contributed by atoms with E-state index in [4.69, 9.17) is 14.2 Å². The number of hydrogen-bond acceptors (Lipinski definition) is 6. The van der Waals surface area contributed by atoms with Crippen molar-refractivity contribution in [3.05, 3.63) is 58.7 Å². The number of benzene rings is 2. The average Bonchev–Trinajstić information content (AvgIpc) is 3.24. The minimum absolute atomic E-state index is 0.689. The van der Waals surface area contributed by atoms with Crippen molar-refractivity contribution < 1.29 is 9.26 Å². The van der Waals surface area contributed by atoms with Crippen LogP contribution in [0.4, 0.5) is 11.5 Å². The highest BCUT2D eigenvalue weighted by molar-refractivity contribution is 6.13. The number of aryl methyl sites for hydroxylation is 5. The molecule has 5 rings (SSSR count). The third-order valence-electron chi connectivity index (χ3n) is 5.67. The maximum absolute atomic E-state index is 5.77. The van der Waals surface area contributed by atoms with Gasteiger partial charge in [-0.05, 0) is 70.0 Å². The molecule has 0 unspecified atom stereocenters. The van der Waals surface area contributed by atoms with Crippen molar-refractivity contribution in [3.63, 3.8) is 0 Å². The van der Waals surface area contributed by atoms with Crippen molar-refractivity contribution in [1.82, 2.24) is 20.1 Å². The van der Waals surface area contributed by atoms with Gasteiger partial charge in [-0.3, -0.25) is 0 Å². The second kappa shape index (κ2) is 7.37. The second-order valence-electron chi connectivity index (χ2n) is 8.27. The maximum atomic E-state index is 5.77. The van der Waals surface area contributed by atoms with Crippen molar-refractivity contribution in [3.8, 4) is 16.9 Å². The molecule has 0 saturated carbocycles. The van der Waals surface area contributed by atoms with Gasteiger partial charge >= 0.3 is 0 Å². The van der Waals surface area contributed by atoms with Gasteiger partial charge in [-0.1, -0.05) is 11.2 Å². The Kier molecular flexibility index (Phi) is 4.62. The van der Waals surface area contributed by atoms with Crippen LogP contribution in [0.1, 0.15) is 28.4 Å². The topological polar surface area (TPSA) is 88.9 Å². The number of aromatic amines is 1. The molecule has 0 spiro atoms. The van der Waals surface area contributed by atoms with E-state index in [0.29, 0.717) is 5.82 Å². The van der Waals surface area contributed by atoms with Crippen LogP contribution in [0.3, 0.4) is 0 Å². The van der Waals surface area contributed by atoms with Crippen LogP contribution >= 0.6 is 0 Å². The molecule has 5 aromatic rings. The standard InChI is InChI=1S/C25H25N5O2/c1-12-7-13(2)9-17(8-12)28-24-23-18-11-21(31-6)19(22-14(3)30-32-15(22)4)10-20(18)29-25(23)27-16(5)26-24/h7-11H,1-6H3,(H2,26,27,28,29). The van der Waals surface area contributed by atoms with Crippen LogP contribution in [0.15, 0.2) is 34.9 Å². The first-order valence-electron chi connectivity index (χ1n) is 10.5. The molecule has 3 heterocycles. The van der Waals surface area contributed by atoms with Crippen molar-refractivity contribution in [2.75, 3.05) is 12.4 Å². The minimum Gasteiger partial charge on any atom is -0.496 e. The highest BCUT2D eigenvalue weighted by atomic mass is 16.5. The first-order valence-corrected chi connectivity index (χ1v) is 10.5. The first-order chi connectivity index (χ1) is 15.3. The van der Waals surface area contributed by atoms with Crippen molar-refractivity contribution >= 4 is 33.4 Å². The van der Waals surface area contributed by atoms with E-state index in [1.54, 1.807) is 7.11 Å². The van der Waals surface area contributed by atoms with E-state index in [1.165, 1.54) is 11.1 Å². The molecule has 2 N–H and O–H groups in total. The Balaban J connectivity index is 1.75.